The van der Waals surface area contributed by atoms with Crippen molar-refractivity contribution >= 4 is 16.6 Å². The van der Waals surface area contributed by atoms with Crippen molar-refractivity contribution in [2.24, 2.45) is 0 Å². The Kier molecular flexibility index (Phi) is 3.65. The molecule has 1 fully saturated rings. The summed E-state index contributed by atoms with van der Waals surface area (Å²) >= 11 is 0. The minimum atomic E-state index is -0.155. The van der Waals surface area contributed by atoms with Gasteiger partial charge in [0.2, 0.25) is 0 Å². The largest absolute Gasteiger partial charge is 0.372 e. The van der Waals surface area contributed by atoms with E-state index in [1.54, 1.807) is 12.4 Å². The Bertz CT molecular complexity index is 864. The minimum Gasteiger partial charge on any atom is -0.372 e. The zero-order chi connectivity index (χ0) is 16.6. The molecule has 3 aromatic rings. The average molecular weight is 320 g/mol. The second-order valence-corrected chi connectivity index (χ2v) is 6.69. The van der Waals surface area contributed by atoms with Crippen molar-refractivity contribution in [3.8, 4) is 11.3 Å². The fraction of sp³-hybridized carbons (Fsp3) is 0.316. The molecular weight excluding hydrogens is 300 g/mol. The van der Waals surface area contributed by atoms with Crippen LogP contribution in [0.15, 0.2) is 49.1 Å². The lowest BCUT2D eigenvalue weighted by molar-refractivity contribution is -0.0276. The van der Waals surface area contributed by atoms with Gasteiger partial charge in [0.25, 0.3) is 0 Å². The van der Waals surface area contributed by atoms with Gasteiger partial charge in [-0.05, 0) is 38.1 Å². The van der Waals surface area contributed by atoms with Gasteiger partial charge in [-0.1, -0.05) is 0 Å². The van der Waals surface area contributed by atoms with E-state index in [0.29, 0.717) is 0 Å². The normalized spacial score (nSPS) is 17.2. The quantitative estimate of drug-likeness (QED) is 0.725. The molecule has 4 heterocycles. The first-order valence-electron chi connectivity index (χ1n) is 8.16. The van der Waals surface area contributed by atoms with Gasteiger partial charge in [0.15, 0.2) is 0 Å². The van der Waals surface area contributed by atoms with Crippen LogP contribution >= 0.6 is 0 Å². The Morgan fingerprint density at radius 3 is 2.67 bits per heavy atom. The average Bonchev–Trinajstić information content (AvgIpc) is 2.60. The smallest absolute Gasteiger partial charge is 0.0913 e. The number of aromatic nitrogens is 3. The second kappa shape index (κ2) is 5.83. The van der Waals surface area contributed by atoms with E-state index < -0.39 is 0 Å². The molecule has 0 amide bonds. The zero-order valence-corrected chi connectivity index (χ0v) is 13.9. The van der Waals surface area contributed by atoms with E-state index in [9.17, 15) is 0 Å². The highest BCUT2D eigenvalue weighted by atomic mass is 16.5. The van der Waals surface area contributed by atoms with Crippen LogP contribution in [0, 0.1) is 0 Å². The van der Waals surface area contributed by atoms with Gasteiger partial charge in [-0.15, -0.1) is 0 Å². The van der Waals surface area contributed by atoms with Gasteiger partial charge in [-0.3, -0.25) is 9.97 Å². The minimum absolute atomic E-state index is 0.155. The Labute approximate surface area is 141 Å². The van der Waals surface area contributed by atoms with Crippen molar-refractivity contribution in [2.75, 3.05) is 24.6 Å². The standard InChI is InChI=1S/C19H20N4O/c1-19(2)13-23(9-10-24-19)18-11-16(14-3-6-20-7-4-14)22-17-12-21-8-5-15(17)18/h3-8,11-12H,9-10,13H2,1-2H3. The van der Waals surface area contributed by atoms with Gasteiger partial charge in [0, 0.05) is 48.3 Å². The summed E-state index contributed by atoms with van der Waals surface area (Å²) in [6.07, 6.45) is 7.24. The highest BCUT2D eigenvalue weighted by Gasteiger charge is 2.28. The molecule has 0 aromatic carbocycles. The van der Waals surface area contributed by atoms with Crippen LogP contribution in [0.5, 0.6) is 0 Å². The molecule has 1 aliphatic heterocycles. The molecule has 0 saturated carbocycles. The van der Waals surface area contributed by atoms with Crippen LogP contribution in [0.1, 0.15) is 13.8 Å². The number of ether oxygens (including phenoxy) is 1. The topological polar surface area (TPSA) is 51.1 Å². The third-order valence-electron chi connectivity index (χ3n) is 4.33. The lowest BCUT2D eigenvalue weighted by Gasteiger charge is -2.40. The third kappa shape index (κ3) is 2.83. The molecule has 5 heteroatoms. The Morgan fingerprint density at radius 1 is 1.08 bits per heavy atom. The van der Waals surface area contributed by atoms with Crippen molar-refractivity contribution in [3.63, 3.8) is 0 Å². The summed E-state index contributed by atoms with van der Waals surface area (Å²) in [7, 11) is 0. The van der Waals surface area contributed by atoms with Crippen molar-refractivity contribution in [3.05, 3.63) is 49.1 Å². The second-order valence-electron chi connectivity index (χ2n) is 6.69. The van der Waals surface area contributed by atoms with Crippen LogP contribution in [-0.2, 0) is 4.74 Å². The molecule has 0 bridgehead atoms. The summed E-state index contributed by atoms with van der Waals surface area (Å²) in [5, 5.41) is 1.13. The summed E-state index contributed by atoms with van der Waals surface area (Å²) in [6, 6.07) is 8.17. The highest BCUT2D eigenvalue weighted by molar-refractivity contribution is 5.93. The SMILES string of the molecule is CC1(C)CN(c2cc(-c3ccncc3)nc3cnccc23)CCO1. The molecule has 1 saturated heterocycles. The van der Waals surface area contributed by atoms with Crippen molar-refractivity contribution in [1.82, 2.24) is 15.0 Å². The van der Waals surface area contributed by atoms with E-state index in [0.717, 1.165) is 41.9 Å². The summed E-state index contributed by atoms with van der Waals surface area (Å²) in [5.74, 6) is 0. The molecule has 0 aliphatic carbocycles. The molecule has 5 nitrogen and oxygen atoms in total. The number of pyridine rings is 3. The number of hydrogen-bond acceptors (Lipinski definition) is 5. The van der Waals surface area contributed by atoms with Crippen LogP contribution in [0.2, 0.25) is 0 Å². The first kappa shape index (κ1) is 15.0. The number of hydrogen-bond donors (Lipinski definition) is 0. The number of fused-ring (bicyclic) bond motifs is 1. The maximum Gasteiger partial charge on any atom is 0.0913 e. The van der Waals surface area contributed by atoms with Gasteiger partial charge in [0.05, 0.1) is 29.6 Å². The molecule has 1 aliphatic rings. The van der Waals surface area contributed by atoms with Crippen LogP contribution in [0.3, 0.4) is 0 Å². The molecule has 4 rings (SSSR count). The zero-order valence-electron chi connectivity index (χ0n) is 13.9. The van der Waals surface area contributed by atoms with Gasteiger partial charge in [-0.2, -0.15) is 0 Å². The van der Waals surface area contributed by atoms with Crippen LogP contribution in [0.25, 0.3) is 22.2 Å². The maximum atomic E-state index is 5.87. The van der Waals surface area contributed by atoms with Crippen molar-refractivity contribution < 1.29 is 4.74 Å². The lowest BCUT2D eigenvalue weighted by Crippen LogP contribution is -2.48. The van der Waals surface area contributed by atoms with Crippen molar-refractivity contribution in [1.29, 1.82) is 0 Å². The fourth-order valence-corrected chi connectivity index (χ4v) is 3.22. The summed E-state index contributed by atoms with van der Waals surface area (Å²) < 4.78 is 5.87. The van der Waals surface area contributed by atoms with E-state index in [-0.39, 0.29) is 5.60 Å². The monoisotopic (exact) mass is 320 g/mol. The summed E-state index contributed by atoms with van der Waals surface area (Å²) in [6.45, 7) is 6.72. The molecular formula is C19H20N4O. The van der Waals surface area contributed by atoms with Gasteiger partial charge in [0.1, 0.15) is 0 Å². The van der Waals surface area contributed by atoms with Crippen LogP contribution in [0.4, 0.5) is 5.69 Å². The predicted octanol–water partition coefficient (Wildman–Crippen LogP) is 3.31. The van der Waals surface area contributed by atoms with Crippen LogP contribution in [-0.4, -0.2) is 40.2 Å². The van der Waals surface area contributed by atoms with Crippen molar-refractivity contribution in [2.45, 2.75) is 19.4 Å². The number of rotatable bonds is 2. The summed E-state index contributed by atoms with van der Waals surface area (Å²) in [5.41, 5.74) is 3.94. The van der Waals surface area contributed by atoms with E-state index >= 15 is 0 Å². The Hall–Kier alpha value is -2.53. The molecule has 0 unspecified atom stereocenters. The number of anilines is 1. The van der Waals surface area contributed by atoms with Crippen LogP contribution < -0.4 is 4.90 Å². The highest BCUT2D eigenvalue weighted by Crippen LogP contribution is 2.32. The molecule has 3 aromatic heterocycles. The first-order chi connectivity index (χ1) is 11.6. The molecule has 24 heavy (non-hydrogen) atoms. The Morgan fingerprint density at radius 2 is 1.88 bits per heavy atom. The lowest BCUT2D eigenvalue weighted by atomic mass is 10.0. The molecule has 0 spiro atoms. The Balaban J connectivity index is 1.87. The molecule has 0 N–H and O–H groups in total. The van der Waals surface area contributed by atoms with E-state index in [1.807, 2.05) is 30.6 Å². The predicted molar refractivity (Wildman–Crippen MR) is 95.0 cm³/mol. The first-order valence-corrected chi connectivity index (χ1v) is 8.16. The molecule has 0 radical (unpaired) electrons. The van der Waals surface area contributed by atoms with Gasteiger partial charge < -0.3 is 9.64 Å². The molecule has 122 valence electrons. The molecule has 0 atom stereocenters. The number of morpholine rings is 1. The van der Waals surface area contributed by atoms with E-state index in [2.05, 4.69) is 34.8 Å². The van der Waals surface area contributed by atoms with E-state index in [4.69, 9.17) is 9.72 Å². The van der Waals surface area contributed by atoms with E-state index in [1.165, 1.54) is 5.69 Å². The van der Waals surface area contributed by atoms with Gasteiger partial charge in [-0.25, -0.2) is 4.98 Å². The van der Waals surface area contributed by atoms with Gasteiger partial charge >= 0.3 is 0 Å². The summed E-state index contributed by atoms with van der Waals surface area (Å²) in [4.78, 5) is 15.5. The third-order valence-corrected chi connectivity index (χ3v) is 4.33. The number of nitrogens with zero attached hydrogens (tertiary/aromatic N) is 4. The fourth-order valence-electron chi connectivity index (χ4n) is 3.22. The maximum absolute atomic E-state index is 5.87.